The van der Waals surface area contributed by atoms with Crippen molar-refractivity contribution in [1.82, 2.24) is 5.32 Å². The highest BCUT2D eigenvalue weighted by molar-refractivity contribution is 5.73. The third kappa shape index (κ3) is 4.17. The van der Waals surface area contributed by atoms with Crippen molar-refractivity contribution >= 4 is 5.91 Å². The maximum absolute atomic E-state index is 11.6. The van der Waals surface area contributed by atoms with Gasteiger partial charge < -0.3 is 29.4 Å². The van der Waals surface area contributed by atoms with Crippen LogP contribution in [0.2, 0.25) is 0 Å². The van der Waals surface area contributed by atoms with E-state index in [0.717, 1.165) is 12.0 Å². The third-order valence-electron chi connectivity index (χ3n) is 4.62. The van der Waals surface area contributed by atoms with E-state index in [1.165, 1.54) is 6.92 Å². The number of rotatable bonds is 4. The van der Waals surface area contributed by atoms with Gasteiger partial charge in [-0.3, -0.25) is 4.79 Å². The van der Waals surface area contributed by atoms with Crippen LogP contribution in [0.4, 0.5) is 0 Å². The summed E-state index contributed by atoms with van der Waals surface area (Å²) >= 11 is 0. The molecule has 1 aromatic rings. The topological polar surface area (TPSA) is 86.2 Å². The molecule has 1 aromatic carbocycles. The molecule has 0 saturated carbocycles. The van der Waals surface area contributed by atoms with Crippen LogP contribution in [0.3, 0.4) is 0 Å². The molecule has 0 unspecified atom stereocenters. The lowest BCUT2D eigenvalue weighted by Gasteiger charge is -2.49. The van der Waals surface area contributed by atoms with Gasteiger partial charge in [-0.15, -0.1) is 0 Å². The van der Waals surface area contributed by atoms with Crippen molar-refractivity contribution < 1.29 is 28.8 Å². The van der Waals surface area contributed by atoms with Crippen LogP contribution in [0.15, 0.2) is 24.3 Å². The molecule has 0 spiro atoms. The molecule has 2 aliphatic heterocycles. The van der Waals surface area contributed by atoms with Crippen LogP contribution in [0.5, 0.6) is 5.75 Å². The summed E-state index contributed by atoms with van der Waals surface area (Å²) in [6, 6.07) is 6.90. The maximum Gasteiger partial charge on any atom is 0.223 e. The Balaban J connectivity index is 1.81. The molecule has 2 aliphatic rings. The molecule has 3 rings (SSSR count). The standard InChI is InChI=1S/C19H27NO6/c1-5-12-7-6-8-13(9-12)24-18-15(20-11(2)21)16(22)17-14(25-18)10-23-19(3,4)26-17/h6-9,14-18,22H,5,10H2,1-4H3,(H,20,21)/t14-,15+,16-,17-,18-/m0/s1. The quantitative estimate of drug-likeness (QED) is 0.838. The van der Waals surface area contributed by atoms with E-state index in [0.29, 0.717) is 5.75 Å². The number of aliphatic hydroxyl groups is 1. The summed E-state index contributed by atoms with van der Waals surface area (Å²) in [5.41, 5.74) is 1.12. The number of carbonyl (C=O) groups excluding carboxylic acids is 1. The van der Waals surface area contributed by atoms with Crippen LogP contribution in [-0.2, 0) is 25.4 Å². The Kier molecular flexibility index (Phi) is 5.53. The molecule has 0 aromatic heterocycles. The molecule has 7 heteroatoms. The lowest BCUT2D eigenvalue weighted by Crippen LogP contribution is -2.69. The molecule has 0 radical (unpaired) electrons. The van der Waals surface area contributed by atoms with E-state index in [4.69, 9.17) is 18.9 Å². The molecule has 1 amide bonds. The fourth-order valence-electron chi connectivity index (χ4n) is 3.31. The number of ether oxygens (including phenoxy) is 4. The van der Waals surface area contributed by atoms with E-state index in [9.17, 15) is 9.90 Å². The third-order valence-corrected chi connectivity index (χ3v) is 4.62. The lowest BCUT2D eigenvalue weighted by atomic mass is 9.95. The average Bonchev–Trinajstić information content (AvgIpc) is 2.58. The van der Waals surface area contributed by atoms with Crippen molar-refractivity contribution in [2.75, 3.05) is 6.61 Å². The van der Waals surface area contributed by atoms with Crippen LogP contribution in [0.25, 0.3) is 0 Å². The van der Waals surface area contributed by atoms with Crippen molar-refractivity contribution in [3.05, 3.63) is 29.8 Å². The summed E-state index contributed by atoms with van der Waals surface area (Å²) in [4.78, 5) is 11.6. The second kappa shape index (κ2) is 7.52. The van der Waals surface area contributed by atoms with Gasteiger partial charge in [-0.05, 0) is 38.0 Å². The van der Waals surface area contributed by atoms with Crippen molar-refractivity contribution in [2.24, 2.45) is 0 Å². The number of carbonyl (C=O) groups is 1. The van der Waals surface area contributed by atoms with Crippen molar-refractivity contribution in [1.29, 1.82) is 0 Å². The minimum absolute atomic E-state index is 0.274. The number of aryl methyl sites for hydroxylation is 1. The molecule has 7 nitrogen and oxygen atoms in total. The SMILES string of the molecule is CCc1cccc(O[C@H]2O[C@H]3COC(C)(C)O[C@@H]3[C@@H](O)[C@H]2NC(C)=O)c1. The zero-order valence-corrected chi connectivity index (χ0v) is 15.6. The highest BCUT2D eigenvalue weighted by Gasteiger charge is 2.52. The van der Waals surface area contributed by atoms with E-state index in [2.05, 4.69) is 12.2 Å². The number of fused-ring (bicyclic) bond motifs is 1. The number of aliphatic hydroxyl groups excluding tert-OH is 1. The Hall–Kier alpha value is -1.67. The molecule has 0 aliphatic carbocycles. The first-order chi connectivity index (χ1) is 12.3. The molecular formula is C19H27NO6. The fraction of sp³-hybridized carbons (Fsp3) is 0.632. The Labute approximate surface area is 153 Å². The van der Waals surface area contributed by atoms with Gasteiger partial charge in [0.2, 0.25) is 12.2 Å². The van der Waals surface area contributed by atoms with Crippen LogP contribution >= 0.6 is 0 Å². The number of amides is 1. The number of hydrogen-bond acceptors (Lipinski definition) is 6. The first kappa shape index (κ1) is 19.1. The lowest BCUT2D eigenvalue weighted by molar-refractivity contribution is -0.361. The molecule has 0 bridgehead atoms. The predicted octanol–water partition coefficient (Wildman–Crippen LogP) is 1.37. The van der Waals surface area contributed by atoms with Gasteiger partial charge in [-0.1, -0.05) is 19.1 Å². The van der Waals surface area contributed by atoms with E-state index >= 15 is 0 Å². The fourth-order valence-corrected chi connectivity index (χ4v) is 3.31. The van der Waals surface area contributed by atoms with Gasteiger partial charge in [0.15, 0.2) is 5.79 Å². The molecule has 5 atom stereocenters. The molecule has 26 heavy (non-hydrogen) atoms. The van der Waals surface area contributed by atoms with Crippen LogP contribution in [-0.4, -0.2) is 54.1 Å². The van der Waals surface area contributed by atoms with E-state index < -0.39 is 36.4 Å². The van der Waals surface area contributed by atoms with Crippen LogP contribution in [0, 0.1) is 0 Å². The average molecular weight is 365 g/mol. The Morgan fingerprint density at radius 3 is 2.88 bits per heavy atom. The van der Waals surface area contributed by atoms with E-state index in [1.807, 2.05) is 24.3 Å². The van der Waals surface area contributed by atoms with Crippen LogP contribution < -0.4 is 10.1 Å². The first-order valence-electron chi connectivity index (χ1n) is 8.97. The molecule has 144 valence electrons. The van der Waals surface area contributed by atoms with E-state index in [-0.39, 0.29) is 12.5 Å². The Morgan fingerprint density at radius 1 is 1.42 bits per heavy atom. The normalized spacial score (nSPS) is 33.2. The van der Waals surface area contributed by atoms with Crippen LogP contribution in [0.1, 0.15) is 33.3 Å². The Bertz CT molecular complexity index is 649. The zero-order valence-electron chi connectivity index (χ0n) is 15.6. The van der Waals surface area contributed by atoms with Gasteiger partial charge in [0.05, 0.1) is 6.61 Å². The number of hydrogen-bond donors (Lipinski definition) is 2. The number of nitrogens with one attached hydrogen (secondary N) is 1. The summed E-state index contributed by atoms with van der Waals surface area (Å²) in [5, 5.41) is 13.6. The van der Waals surface area contributed by atoms with Crippen molar-refractivity contribution in [3.8, 4) is 5.75 Å². The molecule has 2 fully saturated rings. The maximum atomic E-state index is 11.6. The van der Waals surface area contributed by atoms with E-state index in [1.54, 1.807) is 13.8 Å². The summed E-state index contributed by atoms with van der Waals surface area (Å²) in [6.07, 6.45) is -2.06. The molecule has 2 N–H and O–H groups in total. The van der Waals surface area contributed by atoms with Gasteiger partial charge in [0.25, 0.3) is 0 Å². The first-order valence-corrected chi connectivity index (χ1v) is 8.97. The summed E-state index contributed by atoms with van der Waals surface area (Å²) in [7, 11) is 0. The zero-order chi connectivity index (χ0) is 18.9. The number of benzene rings is 1. The predicted molar refractivity (Wildman–Crippen MR) is 93.6 cm³/mol. The highest BCUT2D eigenvalue weighted by atomic mass is 16.8. The highest BCUT2D eigenvalue weighted by Crippen LogP contribution is 2.33. The summed E-state index contributed by atoms with van der Waals surface area (Å²) in [5.74, 6) is -0.484. The van der Waals surface area contributed by atoms with Gasteiger partial charge in [0, 0.05) is 6.92 Å². The summed E-state index contributed by atoms with van der Waals surface area (Å²) < 4.78 is 23.4. The smallest absolute Gasteiger partial charge is 0.223 e. The Morgan fingerprint density at radius 2 is 2.19 bits per heavy atom. The van der Waals surface area contributed by atoms with Gasteiger partial charge >= 0.3 is 0 Å². The van der Waals surface area contributed by atoms with Gasteiger partial charge in [-0.25, -0.2) is 0 Å². The van der Waals surface area contributed by atoms with Crippen molar-refractivity contribution in [2.45, 2.75) is 70.5 Å². The monoisotopic (exact) mass is 365 g/mol. The largest absolute Gasteiger partial charge is 0.463 e. The summed E-state index contributed by atoms with van der Waals surface area (Å²) in [6.45, 7) is 7.28. The van der Waals surface area contributed by atoms with Gasteiger partial charge in [0.1, 0.15) is 30.1 Å². The second-order valence-corrected chi connectivity index (χ2v) is 7.17. The minimum atomic E-state index is -0.986. The van der Waals surface area contributed by atoms with Gasteiger partial charge in [-0.2, -0.15) is 0 Å². The molecular weight excluding hydrogens is 338 g/mol. The second-order valence-electron chi connectivity index (χ2n) is 7.17. The molecule has 2 saturated heterocycles. The molecule has 2 heterocycles. The minimum Gasteiger partial charge on any atom is -0.463 e. The van der Waals surface area contributed by atoms with Crippen molar-refractivity contribution in [3.63, 3.8) is 0 Å².